The Morgan fingerprint density at radius 3 is 2.95 bits per heavy atom. The average molecular weight is 310 g/mol. The van der Waals surface area contributed by atoms with E-state index in [0.29, 0.717) is 18.5 Å². The second-order valence-electron chi connectivity index (χ2n) is 5.00. The molecule has 0 amide bonds. The molecule has 1 aromatic carbocycles. The van der Waals surface area contributed by atoms with Gasteiger partial charge in [0.15, 0.2) is 0 Å². The van der Waals surface area contributed by atoms with Gasteiger partial charge in [0.1, 0.15) is 0 Å². The van der Waals surface area contributed by atoms with Gasteiger partial charge >= 0.3 is 5.97 Å². The van der Waals surface area contributed by atoms with E-state index in [4.69, 9.17) is 5.11 Å². The fourth-order valence-corrected chi connectivity index (χ4v) is 3.67. The van der Waals surface area contributed by atoms with Gasteiger partial charge in [0, 0.05) is 42.3 Å². The highest BCUT2D eigenvalue weighted by molar-refractivity contribution is 7.99. The van der Waals surface area contributed by atoms with Gasteiger partial charge in [-0.3, -0.25) is 19.8 Å². The summed E-state index contributed by atoms with van der Waals surface area (Å²) in [5.74, 6) is 0.995. The predicted molar refractivity (Wildman–Crippen MR) is 81.7 cm³/mol. The number of nitro benzene ring substituents is 1. The Kier molecular flexibility index (Phi) is 5.58. The quantitative estimate of drug-likeness (QED) is 0.639. The molecular weight excluding hydrogens is 292 g/mol. The number of carbonyl (C=O) groups is 1. The number of para-hydroxylation sites is 1. The molecule has 0 aromatic heterocycles. The second kappa shape index (κ2) is 7.42. The SMILES string of the molecule is O=C(O)CC1CSCCN1CCc1ccccc1[N+](=O)[O-]. The molecule has 0 aliphatic carbocycles. The molecule has 6 nitrogen and oxygen atoms in total. The van der Waals surface area contributed by atoms with E-state index in [1.54, 1.807) is 30.0 Å². The lowest BCUT2D eigenvalue weighted by molar-refractivity contribution is -0.385. The molecule has 7 heteroatoms. The molecule has 1 aliphatic rings. The standard InChI is InChI=1S/C14H18N2O4S/c17-14(18)9-12-10-21-8-7-15(12)6-5-11-3-1-2-4-13(11)16(19)20/h1-4,12H,5-10H2,(H,17,18). The molecule has 0 spiro atoms. The summed E-state index contributed by atoms with van der Waals surface area (Å²) >= 11 is 1.77. The maximum Gasteiger partial charge on any atom is 0.304 e. The summed E-state index contributed by atoms with van der Waals surface area (Å²) in [6, 6.07) is 6.75. The third kappa shape index (κ3) is 4.44. The third-order valence-corrected chi connectivity index (χ3v) is 4.71. The van der Waals surface area contributed by atoms with Crippen LogP contribution in [0.5, 0.6) is 0 Å². The first-order valence-corrected chi connectivity index (χ1v) is 7.99. The van der Waals surface area contributed by atoms with Crippen molar-refractivity contribution < 1.29 is 14.8 Å². The van der Waals surface area contributed by atoms with Crippen molar-refractivity contribution in [2.75, 3.05) is 24.6 Å². The van der Waals surface area contributed by atoms with Gasteiger partial charge in [0.25, 0.3) is 5.69 Å². The van der Waals surface area contributed by atoms with E-state index < -0.39 is 5.97 Å². The average Bonchev–Trinajstić information content (AvgIpc) is 2.46. The highest BCUT2D eigenvalue weighted by Gasteiger charge is 2.25. The van der Waals surface area contributed by atoms with Gasteiger partial charge in [-0.25, -0.2) is 0 Å². The number of rotatable bonds is 6. The molecule has 0 bridgehead atoms. The summed E-state index contributed by atoms with van der Waals surface area (Å²) in [5.41, 5.74) is 0.841. The monoisotopic (exact) mass is 310 g/mol. The number of hydrogen-bond acceptors (Lipinski definition) is 5. The molecule has 114 valence electrons. The summed E-state index contributed by atoms with van der Waals surface area (Å²) in [5, 5.41) is 20.0. The minimum atomic E-state index is -0.793. The van der Waals surface area contributed by atoms with Crippen LogP contribution in [-0.2, 0) is 11.2 Å². The zero-order valence-corrected chi connectivity index (χ0v) is 12.4. The van der Waals surface area contributed by atoms with Crippen LogP contribution < -0.4 is 0 Å². The summed E-state index contributed by atoms with van der Waals surface area (Å²) in [4.78, 5) is 23.7. The van der Waals surface area contributed by atoms with E-state index in [2.05, 4.69) is 4.90 Å². The summed E-state index contributed by atoms with van der Waals surface area (Å²) in [6.07, 6.45) is 0.696. The maximum atomic E-state index is 11.0. The number of aliphatic carboxylic acids is 1. The van der Waals surface area contributed by atoms with Crippen molar-refractivity contribution in [3.05, 3.63) is 39.9 Å². The number of nitro groups is 1. The Bertz CT molecular complexity index is 523. The zero-order chi connectivity index (χ0) is 15.2. The van der Waals surface area contributed by atoms with E-state index in [9.17, 15) is 14.9 Å². The topological polar surface area (TPSA) is 83.7 Å². The fourth-order valence-electron chi connectivity index (χ4n) is 2.54. The van der Waals surface area contributed by atoms with E-state index in [1.807, 2.05) is 0 Å². The number of thioether (sulfide) groups is 1. The molecule has 1 heterocycles. The molecular formula is C14H18N2O4S. The molecule has 21 heavy (non-hydrogen) atoms. The van der Waals surface area contributed by atoms with Gasteiger partial charge < -0.3 is 5.11 Å². The lowest BCUT2D eigenvalue weighted by Gasteiger charge is -2.34. The molecule has 1 fully saturated rings. The Balaban J connectivity index is 2.00. The summed E-state index contributed by atoms with van der Waals surface area (Å²) in [7, 11) is 0. The summed E-state index contributed by atoms with van der Waals surface area (Å²) in [6.45, 7) is 1.49. The Labute approximate surface area is 127 Å². The smallest absolute Gasteiger partial charge is 0.304 e. The van der Waals surface area contributed by atoms with Crippen molar-refractivity contribution >= 4 is 23.4 Å². The second-order valence-corrected chi connectivity index (χ2v) is 6.15. The van der Waals surface area contributed by atoms with Gasteiger partial charge in [-0.1, -0.05) is 18.2 Å². The first-order valence-electron chi connectivity index (χ1n) is 6.84. The third-order valence-electron chi connectivity index (χ3n) is 3.62. The summed E-state index contributed by atoms with van der Waals surface area (Å²) < 4.78 is 0. The van der Waals surface area contributed by atoms with Gasteiger partial charge in [-0.2, -0.15) is 11.8 Å². The van der Waals surface area contributed by atoms with Crippen molar-refractivity contribution in [1.82, 2.24) is 4.90 Å². The number of carboxylic acid groups (broad SMARTS) is 1. The van der Waals surface area contributed by atoms with Crippen molar-refractivity contribution in [1.29, 1.82) is 0 Å². The number of nitrogens with zero attached hydrogens (tertiary/aromatic N) is 2. The first kappa shape index (κ1) is 15.8. The van der Waals surface area contributed by atoms with Crippen molar-refractivity contribution in [3.8, 4) is 0 Å². The number of hydrogen-bond donors (Lipinski definition) is 1. The minimum Gasteiger partial charge on any atom is -0.481 e. The zero-order valence-electron chi connectivity index (χ0n) is 11.6. The predicted octanol–water partition coefficient (Wildman–Crippen LogP) is 2.03. The van der Waals surface area contributed by atoms with Crippen molar-refractivity contribution in [3.63, 3.8) is 0 Å². The fraction of sp³-hybridized carbons (Fsp3) is 0.500. The van der Waals surface area contributed by atoms with Crippen molar-refractivity contribution in [2.45, 2.75) is 18.9 Å². The van der Waals surface area contributed by atoms with Gasteiger partial charge in [0.2, 0.25) is 0 Å². The molecule has 1 unspecified atom stereocenters. The molecule has 1 aliphatic heterocycles. The molecule has 1 saturated heterocycles. The highest BCUT2D eigenvalue weighted by atomic mass is 32.2. The van der Waals surface area contributed by atoms with Crippen LogP contribution in [0, 0.1) is 10.1 Å². The maximum absolute atomic E-state index is 11.0. The minimum absolute atomic E-state index is 0.0176. The molecule has 0 radical (unpaired) electrons. The van der Waals surface area contributed by atoms with Gasteiger partial charge in [-0.05, 0) is 6.42 Å². The van der Waals surface area contributed by atoms with Crippen molar-refractivity contribution in [2.24, 2.45) is 0 Å². The van der Waals surface area contributed by atoms with E-state index in [0.717, 1.165) is 18.1 Å². The van der Waals surface area contributed by atoms with Crippen LogP contribution >= 0.6 is 11.8 Å². The van der Waals surface area contributed by atoms with Gasteiger partial charge in [0.05, 0.1) is 11.3 Å². The van der Waals surface area contributed by atoms with Crippen LogP contribution in [0.15, 0.2) is 24.3 Å². The van der Waals surface area contributed by atoms with Crippen LogP contribution in [0.1, 0.15) is 12.0 Å². The van der Waals surface area contributed by atoms with E-state index in [-0.39, 0.29) is 23.1 Å². The molecule has 1 aromatic rings. The number of benzene rings is 1. The normalized spacial score (nSPS) is 19.3. The van der Waals surface area contributed by atoms with Crippen LogP contribution in [0.3, 0.4) is 0 Å². The van der Waals surface area contributed by atoms with Crippen LogP contribution in [0.25, 0.3) is 0 Å². The molecule has 2 rings (SSSR count). The Morgan fingerprint density at radius 2 is 2.24 bits per heavy atom. The number of carboxylic acids is 1. The van der Waals surface area contributed by atoms with E-state index in [1.165, 1.54) is 6.07 Å². The molecule has 1 atom stereocenters. The Hall–Kier alpha value is -1.60. The van der Waals surface area contributed by atoms with Crippen LogP contribution in [0.4, 0.5) is 5.69 Å². The molecule has 1 N–H and O–H groups in total. The lowest BCUT2D eigenvalue weighted by Crippen LogP contribution is -2.44. The van der Waals surface area contributed by atoms with Crippen LogP contribution in [0.2, 0.25) is 0 Å². The van der Waals surface area contributed by atoms with Crippen LogP contribution in [-0.4, -0.2) is 51.5 Å². The lowest BCUT2D eigenvalue weighted by atomic mass is 10.1. The Morgan fingerprint density at radius 1 is 1.48 bits per heavy atom. The largest absolute Gasteiger partial charge is 0.481 e. The van der Waals surface area contributed by atoms with Gasteiger partial charge in [-0.15, -0.1) is 0 Å². The van der Waals surface area contributed by atoms with E-state index >= 15 is 0 Å². The highest BCUT2D eigenvalue weighted by Crippen LogP contribution is 2.22. The first-order chi connectivity index (χ1) is 10.1. The molecule has 0 saturated carbocycles.